The molecular formula is C29H21Cl2N5O4S. The summed E-state index contributed by atoms with van der Waals surface area (Å²) in [5, 5.41) is 23.0. The lowest BCUT2D eigenvalue weighted by molar-refractivity contribution is -0.384. The summed E-state index contributed by atoms with van der Waals surface area (Å²) in [5.74, 6) is 1.57. The highest BCUT2D eigenvalue weighted by Gasteiger charge is 2.23. The highest BCUT2D eigenvalue weighted by Crippen LogP contribution is 2.33. The van der Waals surface area contributed by atoms with Crippen molar-refractivity contribution in [2.75, 3.05) is 5.32 Å². The van der Waals surface area contributed by atoms with Gasteiger partial charge >= 0.3 is 0 Å². The quantitative estimate of drug-likeness (QED) is 0.103. The van der Waals surface area contributed by atoms with E-state index in [1.54, 1.807) is 19.1 Å². The van der Waals surface area contributed by atoms with Crippen LogP contribution in [-0.2, 0) is 4.79 Å². The highest BCUT2D eigenvalue weighted by atomic mass is 35.5. The SMILES string of the molecule is C[C@H](Sc1nnc(-c2ccc(Cl)cc2)n1-c1ccc(Oc2ccccc2)cc1)C(=O)Nc1ccc([N+](=O)[O-])cc1Cl. The smallest absolute Gasteiger partial charge is 0.271 e. The van der Waals surface area contributed by atoms with Gasteiger partial charge in [-0.05, 0) is 73.7 Å². The van der Waals surface area contributed by atoms with Crippen LogP contribution >= 0.6 is 35.0 Å². The number of nitrogens with one attached hydrogen (secondary N) is 1. The van der Waals surface area contributed by atoms with Crippen molar-refractivity contribution < 1.29 is 14.5 Å². The second-order valence-corrected chi connectivity index (χ2v) is 10.9. The predicted molar refractivity (Wildman–Crippen MR) is 160 cm³/mol. The number of thioether (sulfide) groups is 1. The molecule has 1 amide bonds. The largest absolute Gasteiger partial charge is 0.457 e. The van der Waals surface area contributed by atoms with Gasteiger partial charge < -0.3 is 10.1 Å². The van der Waals surface area contributed by atoms with Gasteiger partial charge in [-0.2, -0.15) is 0 Å². The van der Waals surface area contributed by atoms with Crippen molar-refractivity contribution in [3.63, 3.8) is 0 Å². The Kier molecular flexibility index (Phi) is 8.53. The molecule has 1 aromatic heterocycles. The van der Waals surface area contributed by atoms with Gasteiger partial charge in [-0.3, -0.25) is 19.5 Å². The lowest BCUT2D eigenvalue weighted by Crippen LogP contribution is -2.23. The normalized spacial score (nSPS) is 11.6. The third-order valence-corrected chi connectivity index (χ3v) is 7.49. The van der Waals surface area contributed by atoms with Gasteiger partial charge in [0, 0.05) is 28.4 Å². The summed E-state index contributed by atoms with van der Waals surface area (Å²) in [4.78, 5) is 23.5. The van der Waals surface area contributed by atoms with Gasteiger partial charge in [-0.1, -0.05) is 53.2 Å². The van der Waals surface area contributed by atoms with E-state index in [4.69, 9.17) is 27.9 Å². The minimum atomic E-state index is -0.622. The van der Waals surface area contributed by atoms with E-state index in [9.17, 15) is 14.9 Å². The van der Waals surface area contributed by atoms with Crippen LogP contribution in [0.25, 0.3) is 17.1 Å². The topological polar surface area (TPSA) is 112 Å². The molecular weight excluding hydrogens is 585 g/mol. The van der Waals surface area contributed by atoms with E-state index in [1.165, 1.54) is 30.0 Å². The molecule has 0 radical (unpaired) electrons. The summed E-state index contributed by atoms with van der Waals surface area (Å²) >= 11 is 13.5. The van der Waals surface area contributed by atoms with Crippen LogP contribution in [-0.4, -0.2) is 30.8 Å². The maximum atomic E-state index is 13.1. The van der Waals surface area contributed by atoms with Gasteiger partial charge in [0.05, 0.1) is 20.9 Å². The zero-order chi connectivity index (χ0) is 28.9. The number of amides is 1. The van der Waals surface area contributed by atoms with E-state index >= 15 is 0 Å². The number of nitro groups is 1. The first-order chi connectivity index (χ1) is 19.8. The second-order valence-electron chi connectivity index (χ2n) is 8.73. The third kappa shape index (κ3) is 6.68. The first-order valence-electron chi connectivity index (χ1n) is 12.2. The molecule has 0 unspecified atom stereocenters. The van der Waals surface area contributed by atoms with Crippen molar-refractivity contribution in [2.45, 2.75) is 17.3 Å². The first kappa shape index (κ1) is 28.2. The minimum absolute atomic E-state index is 0.0655. The van der Waals surface area contributed by atoms with Crippen molar-refractivity contribution in [3.05, 3.63) is 117 Å². The number of carbonyl (C=O) groups is 1. The average molecular weight is 606 g/mol. The van der Waals surface area contributed by atoms with Gasteiger partial charge in [0.2, 0.25) is 5.91 Å². The number of para-hydroxylation sites is 1. The Morgan fingerprint density at radius 3 is 2.29 bits per heavy atom. The van der Waals surface area contributed by atoms with Crippen LogP contribution in [0.4, 0.5) is 11.4 Å². The number of aromatic nitrogens is 3. The van der Waals surface area contributed by atoms with E-state index in [0.717, 1.165) is 17.0 Å². The number of rotatable bonds is 9. The third-order valence-electron chi connectivity index (χ3n) is 5.88. The number of nitro benzene ring substituents is 1. The Morgan fingerprint density at radius 1 is 0.951 bits per heavy atom. The number of benzene rings is 4. The summed E-state index contributed by atoms with van der Waals surface area (Å²) in [6.07, 6.45) is 0. The molecule has 1 heterocycles. The molecule has 0 bridgehead atoms. The Bertz CT molecular complexity index is 1700. The fraction of sp³-hybridized carbons (Fsp3) is 0.0690. The maximum Gasteiger partial charge on any atom is 0.271 e. The number of ether oxygens (including phenoxy) is 1. The molecule has 0 aliphatic carbocycles. The Balaban J connectivity index is 1.42. The van der Waals surface area contributed by atoms with Crippen LogP contribution in [0.2, 0.25) is 10.0 Å². The number of nitrogens with zero attached hydrogens (tertiary/aromatic N) is 4. The molecule has 5 rings (SSSR count). The number of anilines is 1. The zero-order valence-electron chi connectivity index (χ0n) is 21.4. The molecule has 0 aliphatic heterocycles. The molecule has 5 aromatic rings. The Morgan fingerprint density at radius 2 is 1.63 bits per heavy atom. The van der Waals surface area contributed by atoms with Crippen LogP contribution in [0.5, 0.6) is 11.5 Å². The summed E-state index contributed by atoms with van der Waals surface area (Å²) in [6.45, 7) is 1.72. The molecule has 1 atom stereocenters. The molecule has 0 fully saturated rings. The molecule has 1 N–H and O–H groups in total. The van der Waals surface area contributed by atoms with Crippen molar-refractivity contribution >= 4 is 52.2 Å². The number of carbonyl (C=O) groups excluding carboxylic acids is 1. The van der Waals surface area contributed by atoms with Gasteiger partial charge in [0.1, 0.15) is 11.5 Å². The maximum absolute atomic E-state index is 13.1. The highest BCUT2D eigenvalue weighted by molar-refractivity contribution is 8.00. The van der Waals surface area contributed by atoms with Crippen LogP contribution in [0, 0.1) is 10.1 Å². The van der Waals surface area contributed by atoms with Crippen molar-refractivity contribution in [1.29, 1.82) is 0 Å². The van der Waals surface area contributed by atoms with Crippen molar-refractivity contribution in [3.8, 4) is 28.6 Å². The molecule has 4 aromatic carbocycles. The first-order valence-corrected chi connectivity index (χ1v) is 13.9. The molecule has 9 nitrogen and oxygen atoms in total. The van der Waals surface area contributed by atoms with E-state index in [-0.39, 0.29) is 22.3 Å². The van der Waals surface area contributed by atoms with E-state index in [0.29, 0.717) is 21.8 Å². The second kappa shape index (κ2) is 12.4. The summed E-state index contributed by atoms with van der Waals surface area (Å²) in [6, 6.07) is 28.0. The molecule has 0 spiro atoms. The van der Waals surface area contributed by atoms with Gasteiger partial charge in [0.25, 0.3) is 5.69 Å². The Hall–Kier alpha value is -4.38. The zero-order valence-corrected chi connectivity index (χ0v) is 23.7. The van der Waals surface area contributed by atoms with Gasteiger partial charge in [-0.25, -0.2) is 0 Å². The molecule has 0 saturated carbocycles. The Labute approximate surface area is 249 Å². The van der Waals surface area contributed by atoms with Gasteiger partial charge in [-0.15, -0.1) is 10.2 Å². The summed E-state index contributed by atoms with van der Waals surface area (Å²) in [7, 11) is 0. The van der Waals surface area contributed by atoms with Gasteiger partial charge in [0.15, 0.2) is 11.0 Å². The van der Waals surface area contributed by atoms with Crippen molar-refractivity contribution in [1.82, 2.24) is 14.8 Å². The lowest BCUT2D eigenvalue weighted by atomic mass is 10.2. The fourth-order valence-electron chi connectivity index (χ4n) is 3.82. The van der Waals surface area contributed by atoms with Crippen molar-refractivity contribution in [2.24, 2.45) is 0 Å². The number of halogens is 2. The van der Waals surface area contributed by atoms with E-state index < -0.39 is 10.2 Å². The number of hydrogen-bond donors (Lipinski definition) is 1. The number of non-ortho nitro benzene ring substituents is 1. The average Bonchev–Trinajstić information content (AvgIpc) is 3.38. The van der Waals surface area contributed by atoms with Crippen LogP contribution < -0.4 is 10.1 Å². The number of hydrogen-bond acceptors (Lipinski definition) is 7. The summed E-state index contributed by atoms with van der Waals surface area (Å²) in [5.41, 5.74) is 1.65. The van der Waals surface area contributed by atoms with Crippen LogP contribution in [0.3, 0.4) is 0 Å². The molecule has 0 saturated heterocycles. The fourth-order valence-corrected chi connectivity index (χ4v) is 5.03. The molecule has 206 valence electrons. The van der Waals surface area contributed by atoms with E-state index in [1.807, 2.05) is 71.3 Å². The summed E-state index contributed by atoms with van der Waals surface area (Å²) < 4.78 is 7.78. The van der Waals surface area contributed by atoms with Crippen LogP contribution in [0.15, 0.2) is 102 Å². The minimum Gasteiger partial charge on any atom is -0.457 e. The molecule has 41 heavy (non-hydrogen) atoms. The van der Waals surface area contributed by atoms with E-state index in [2.05, 4.69) is 15.5 Å². The van der Waals surface area contributed by atoms with Crippen LogP contribution in [0.1, 0.15) is 6.92 Å². The lowest BCUT2D eigenvalue weighted by Gasteiger charge is -2.15. The molecule has 0 aliphatic rings. The standard InChI is InChI=1S/C29H21Cl2N5O4S/c1-18(28(37)32-26-16-13-22(36(38)39)17-25(26)31)41-29-34-33-27(19-7-9-20(30)10-8-19)35(29)21-11-14-24(15-12-21)40-23-5-3-2-4-6-23/h2-18H,1H3,(H,32,37)/t18-/m0/s1. The monoisotopic (exact) mass is 605 g/mol. The molecule has 12 heteroatoms. The predicted octanol–water partition coefficient (Wildman–Crippen LogP) is 8.06.